The first-order valence-electron chi connectivity index (χ1n) is 8.50. The Balaban J connectivity index is 1.62. The number of fused-ring (bicyclic) bond motifs is 1. The minimum absolute atomic E-state index is 0.0486. The average molecular weight is 331 g/mol. The summed E-state index contributed by atoms with van der Waals surface area (Å²) in [4.78, 5) is 0. The minimum atomic E-state index is -0.433. The highest BCUT2D eigenvalue weighted by Gasteiger charge is 2.59. The lowest BCUT2D eigenvalue weighted by Crippen LogP contribution is -2.45. The maximum absolute atomic E-state index is 6.30. The molecule has 1 spiro atoms. The molecule has 1 unspecified atom stereocenters. The highest BCUT2D eigenvalue weighted by atomic mass is 32.1. The Labute approximate surface area is 138 Å². The van der Waals surface area contributed by atoms with E-state index in [1.54, 1.807) is 7.11 Å². The predicted molar refractivity (Wildman–Crippen MR) is 87.1 cm³/mol. The van der Waals surface area contributed by atoms with Crippen LogP contribution in [0.2, 0.25) is 0 Å². The van der Waals surface area contributed by atoms with Crippen LogP contribution in [-0.4, -0.2) is 55.3 Å². The van der Waals surface area contributed by atoms with Gasteiger partial charge in [0.15, 0.2) is 12.1 Å². The summed E-state index contributed by atoms with van der Waals surface area (Å²) < 4.78 is 24.3. The molecule has 2 heterocycles. The molecule has 1 N–H and O–H groups in total. The second kappa shape index (κ2) is 6.95. The number of rotatable bonds is 5. The minimum Gasteiger partial charge on any atom is -0.376 e. The van der Waals surface area contributed by atoms with E-state index >= 15 is 0 Å². The predicted octanol–water partition coefficient (Wildman–Crippen LogP) is 2.10. The molecular weight excluding hydrogens is 302 g/mol. The molecule has 5 nitrogen and oxygen atoms in total. The van der Waals surface area contributed by atoms with Gasteiger partial charge in [-0.2, -0.15) is 12.6 Å². The van der Waals surface area contributed by atoms with Crippen LogP contribution in [-0.2, 0) is 18.9 Å². The van der Waals surface area contributed by atoms with Crippen LogP contribution in [0.3, 0.4) is 0 Å². The Morgan fingerprint density at radius 2 is 1.95 bits per heavy atom. The van der Waals surface area contributed by atoms with Crippen LogP contribution in [0, 0.1) is 0 Å². The Kier molecular flexibility index (Phi) is 5.37. The first-order chi connectivity index (χ1) is 10.5. The average Bonchev–Trinajstić information content (AvgIpc) is 2.99. The van der Waals surface area contributed by atoms with Crippen molar-refractivity contribution in [2.24, 2.45) is 0 Å². The van der Waals surface area contributed by atoms with E-state index in [4.69, 9.17) is 31.6 Å². The molecule has 2 saturated heterocycles. The van der Waals surface area contributed by atoms with Gasteiger partial charge in [0, 0.05) is 37.8 Å². The van der Waals surface area contributed by atoms with Gasteiger partial charge in [-0.05, 0) is 12.8 Å². The lowest BCUT2D eigenvalue weighted by Gasteiger charge is -2.34. The number of methoxy groups -OCH3 is 1. The zero-order valence-electron chi connectivity index (χ0n) is 13.8. The molecule has 1 aliphatic carbocycles. The summed E-state index contributed by atoms with van der Waals surface area (Å²) in [6.45, 7) is 5.02. The van der Waals surface area contributed by atoms with Gasteiger partial charge in [0.05, 0.1) is 0 Å². The Bertz CT molecular complexity index is 375. The van der Waals surface area contributed by atoms with Crippen LogP contribution in [0.15, 0.2) is 0 Å². The van der Waals surface area contributed by atoms with Crippen molar-refractivity contribution in [1.82, 2.24) is 5.32 Å². The molecule has 3 fully saturated rings. The topological polar surface area (TPSA) is 49.0 Å². The molecule has 0 aromatic carbocycles. The second-order valence-corrected chi connectivity index (χ2v) is 7.63. The number of ether oxygens (including phenoxy) is 4. The SMILES string of the molecule is CO[C@@H]1[C@H]2OC3(CCCCC3)O[C@H]2O[C@@H]1C(S)CNC(C)C. The maximum atomic E-state index is 6.30. The molecule has 0 aromatic heterocycles. The summed E-state index contributed by atoms with van der Waals surface area (Å²) in [5.74, 6) is -0.433. The van der Waals surface area contributed by atoms with Gasteiger partial charge in [0.1, 0.15) is 18.3 Å². The van der Waals surface area contributed by atoms with Gasteiger partial charge < -0.3 is 24.3 Å². The summed E-state index contributed by atoms with van der Waals surface area (Å²) in [7, 11) is 1.72. The van der Waals surface area contributed by atoms with Crippen LogP contribution >= 0.6 is 12.6 Å². The standard InChI is InChI=1S/C16H29NO4S/c1-10(2)17-9-11(22)12-13(18-3)14-15(19-12)21-16(20-14)7-5-4-6-8-16/h10-15,17,22H,4-9H2,1-3H3/t11?,12-,13+,14-,15-/m1/s1. The first kappa shape index (κ1) is 17.0. The fourth-order valence-electron chi connectivity index (χ4n) is 3.73. The van der Waals surface area contributed by atoms with Gasteiger partial charge >= 0.3 is 0 Å². The molecule has 3 aliphatic rings. The molecular formula is C16H29NO4S. The van der Waals surface area contributed by atoms with Gasteiger partial charge in [-0.3, -0.25) is 0 Å². The third-order valence-corrected chi connectivity index (χ3v) is 5.37. The van der Waals surface area contributed by atoms with Gasteiger partial charge in [-0.25, -0.2) is 0 Å². The van der Waals surface area contributed by atoms with Crippen molar-refractivity contribution in [3.05, 3.63) is 0 Å². The van der Waals surface area contributed by atoms with Crippen molar-refractivity contribution in [3.8, 4) is 0 Å². The Morgan fingerprint density at radius 3 is 2.59 bits per heavy atom. The molecule has 0 aromatic rings. The van der Waals surface area contributed by atoms with Gasteiger partial charge in [-0.1, -0.05) is 20.3 Å². The normalized spacial score (nSPS) is 38.6. The van der Waals surface area contributed by atoms with E-state index in [0.717, 1.165) is 32.2 Å². The van der Waals surface area contributed by atoms with E-state index in [-0.39, 0.29) is 29.9 Å². The molecule has 6 heteroatoms. The van der Waals surface area contributed by atoms with Crippen molar-refractivity contribution in [1.29, 1.82) is 0 Å². The van der Waals surface area contributed by atoms with Crippen molar-refractivity contribution >= 4 is 12.6 Å². The smallest absolute Gasteiger partial charge is 0.190 e. The monoisotopic (exact) mass is 331 g/mol. The first-order valence-corrected chi connectivity index (χ1v) is 9.02. The zero-order chi connectivity index (χ0) is 15.7. The molecule has 22 heavy (non-hydrogen) atoms. The van der Waals surface area contributed by atoms with Gasteiger partial charge in [-0.15, -0.1) is 0 Å². The summed E-state index contributed by atoms with van der Waals surface area (Å²) in [5.41, 5.74) is 0. The van der Waals surface area contributed by atoms with Crippen LogP contribution in [0.1, 0.15) is 46.0 Å². The molecule has 0 bridgehead atoms. The van der Waals surface area contributed by atoms with E-state index < -0.39 is 5.79 Å². The van der Waals surface area contributed by atoms with Gasteiger partial charge in [0.2, 0.25) is 0 Å². The lowest BCUT2D eigenvalue weighted by molar-refractivity contribution is -0.246. The van der Waals surface area contributed by atoms with Crippen LogP contribution in [0.25, 0.3) is 0 Å². The number of thiol groups is 1. The fraction of sp³-hybridized carbons (Fsp3) is 1.00. The summed E-state index contributed by atoms with van der Waals surface area (Å²) >= 11 is 4.70. The molecule has 128 valence electrons. The third-order valence-electron chi connectivity index (χ3n) is 4.89. The Hall–Kier alpha value is 0.150. The number of nitrogens with one attached hydrogen (secondary N) is 1. The van der Waals surface area contributed by atoms with Crippen molar-refractivity contribution < 1.29 is 18.9 Å². The van der Waals surface area contributed by atoms with E-state index in [1.807, 2.05) is 0 Å². The van der Waals surface area contributed by atoms with E-state index in [9.17, 15) is 0 Å². The molecule has 0 amide bonds. The molecule has 3 rings (SSSR count). The molecule has 1 saturated carbocycles. The van der Waals surface area contributed by atoms with Crippen LogP contribution in [0.4, 0.5) is 0 Å². The molecule has 0 radical (unpaired) electrons. The fourth-order valence-corrected chi connectivity index (χ4v) is 4.08. The lowest BCUT2D eigenvalue weighted by atomic mass is 9.94. The van der Waals surface area contributed by atoms with E-state index in [0.29, 0.717) is 6.04 Å². The highest BCUT2D eigenvalue weighted by molar-refractivity contribution is 7.81. The van der Waals surface area contributed by atoms with E-state index in [1.165, 1.54) is 6.42 Å². The summed E-state index contributed by atoms with van der Waals surface area (Å²) in [6, 6.07) is 0.426. The van der Waals surface area contributed by atoms with Crippen molar-refractivity contribution in [2.75, 3.05) is 13.7 Å². The number of hydrogen-bond donors (Lipinski definition) is 2. The quantitative estimate of drug-likeness (QED) is 0.756. The second-order valence-electron chi connectivity index (χ2n) is 6.97. The van der Waals surface area contributed by atoms with Crippen LogP contribution in [0.5, 0.6) is 0 Å². The zero-order valence-corrected chi connectivity index (χ0v) is 14.7. The molecule has 5 atom stereocenters. The Morgan fingerprint density at radius 1 is 1.23 bits per heavy atom. The van der Waals surface area contributed by atoms with Gasteiger partial charge in [0.25, 0.3) is 0 Å². The summed E-state index contributed by atoms with van der Waals surface area (Å²) in [6.07, 6.45) is 4.82. The molecule has 2 aliphatic heterocycles. The largest absolute Gasteiger partial charge is 0.376 e. The third kappa shape index (κ3) is 3.32. The van der Waals surface area contributed by atoms with Crippen molar-refractivity contribution in [3.63, 3.8) is 0 Å². The number of hydrogen-bond acceptors (Lipinski definition) is 6. The highest BCUT2D eigenvalue weighted by Crippen LogP contribution is 2.46. The van der Waals surface area contributed by atoms with E-state index in [2.05, 4.69) is 19.2 Å². The summed E-state index contributed by atoms with van der Waals surface area (Å²) in [5, 5.41) is 3.44. The van der Waals surface area contributed by atoms with Crippen molar-refractivity contribution in [2.45, 2.75) is 87.6 Å². The maximum Gasteiger partial charge on any atom is 0.190 e. The van der Waals surface area contributed by atoms with Crippen LogP contribution < -0.4 is 5.32 Å².